The highest BCUT2D eigenvalue weighted by molar-refractivity contribution is 9.19. The van der Waals surface area contributed by atoms with Gasteiger partial charge in [-0.15, -0.1) is 0 Å². The van der Waals surface area contributed by atoms with Gasteiger partial charge in [-0.25, -0.2) is 0 Å². The molecule has 1 atom stereocenters. The molecule has 0 fully saturated rings. The van der Waals surface area contributed by atoms with E-state index in [0.717, 1.165) is 10.0 Å². The molecule has 1 nitrogen and oxygen atoms in total. The fraction of sp³-hybridized carbons (Fsp3) is 0.125. The van der Waals surface area contributed by atoms with E-state index in [9.17, 15) is 4.79 Å². The zero-order chi connectivity index (χ0) is 9.14. The van der Waals surface area contributed by atoms with Crippen LogP contribution < -0.4 is 0 Å². The lowest BCUT2D eigenvalue weighted by Gasteiger charge is -2.03. The van der Waals surface area contributed by atoms with Crippen LogP contribution in [0.15, 0.2) is 28.7 Å². The minimum absolute atomic E-state index is 0.0650. The topological polar surface area (TPSA) is 17.1 Å². The van der Waals surface area contributed by atoms with Crippen molar-refractivity contribution in [2.45, 2.75) is 4.83 Å². The van der Waals surface area contributed by atoms with Gasteiger partial charge >= 0.3 is 0 Å². The van der Waals surface area contributed by atoms with E-state index in [1.54, 1.807) is 0 Å². The molecule has 1 aromatic rings. The molecule has 1 rings (SSSR count). The second-order valence-corrected chi connectivity index (χ2v) is 4.83. The van der Waals surface area contributed by atoms with Crippen molar-refractivity contribution in [2.75, 3.05) is 0 Å². The number of halogens is 3. The van der Waals surface area contributed by atoms with Crippen LogP contribution in [0.5, 0.6) is 0 Å². The largest absolute Gasteiger partial charge is 0.285 e. The molecule has 0 heterocycles. The van der Waals surface area contributed by atoms with Crippen LogP contribution in [0.4, 0.5) is 0 Å². The van der Waals surface area contributed by atoms with Crippen LogP contribution >= 0.6 is 47.8 Å². The Hall–Kier alpha value is 0.330. The first kappa shape index (κ1) is 10.4. The van der Waals surface area contributed by atoms with Crippen molar-refractivity contribution < 1.29 is 4.79 Å². The van der Waals surface area contributed by atoms with Crippen molar-refractivity contribution >= 4 is 52.5 Å². The van der Waals surface area contributed by atoms with Gasteiger partial charge in [0.25, 0.3) is 0 Å². The molecule has 12 heavy (non-hydrogen) atoms. The number of alkyl halides is 1. The van der Waals surface area contributed by atoms with Gasteiger partial charge in [0, 0.05) is 4.47 Å². The van der Waals surface area contributed by atoms with Gasteiger partial charge in [0.15, 0.2) is 0 Å². The highest BCUT2D eigenvalue weighted by Gasteiger charge is 2.12. The maximum atomic E-state index is 10.9. The van der Waals surface area contributed by atoms with Gasteiger partial charge in [0.05, 0.1) is 0 Å². The summed E-state index contributed by atoms with van der Waals surface area (Å²) in [5.41, 5.74) is 0.945. The van der Waals surface area contributed by atoms with Crippen molar-refractivity contribution in [3.8, 4) is 0 Å². The first-order valence-electron chi connectivity index (χ1n) is 3.20. The molecule has 0 aliphatic heterocycles. The maximum absolute atomic E-state index is 10.9. The van der Waals surface area contributed by atoms with Gasteiger partial charge in [-0.2, -0.15) is 0 Å². The van der Waals surface area contributed by atoms with Crippen molar-refractivity contribution in [1.82, 2.24) is 0 Å². The predicted molar refractivity (Wildman–Crippen MR) is 59.7 cm³/mol. The molecule has 0 saturated heterocycles. The number of carbonyl (C=O) groups excluding carboxylic acids is 1. The first-order chi connectivity index (χ1) is 5.61. The first-order valence-corrected chi connectivity index (χ1v) is 5.70. The maximum Gasteiger partial charge on any atom is 0.215 e. The monoisotopic (exact) mass is 354 g/mol. The summed E-state index contributed by atoms with van der Waals surface area (Å²) in [7, 11) is 0. The van der Waals surface area contributed by atoms with E-state index >= 15 is 0 Å². The number of benzene rings is 1. The van der Waals surface area contributed by atoms with Crippen molar-refractivity contribution in [3.05, 3.63) is 34.3 Å². The third kappa shape index (κ3) is 2.68. The molecule has 0 N–H and O–H groups in total. The summed E-state index contributed by atoms with van der Waals surface area (Å²) in [6, 6.07) is 7.59. The van der Waals surface area contributed by atoms with Gasteiger partial charge in [-0.1, -0.05) is 44.0 Å². The molecule has 0 unspecified atom stereocenters. The minimum atomic E-state index is -0.259. The van der Waals surface area contributed by atoms with E-state index in [0.29, 0.717) is 0 Å². The third-order valence-corrected chi connectivity index (χ3v) is 3.91. The normalized spacial score (nSPS) is 12.6. The number of rotatable bonds is 2. The molecular formula is C8H5Br3O. The average molecular weight is 357 g/mol. The van der Waals surface area contributed by atoms with Crippen molar-refractivity contribution in [1.29, 1.82) is 0 Å². The lowest BCUT2D eigenvalue weighted by Crippen LogP contribution is -1.96. The highest BCUT2D eigenvalue weighted by Crippen LogP contribution is 2.26. The quantitative estimate of drug-likeness (QED) is 0.582. The predicted octanol–water partition coefficient (Wildman–Crippen LogP) is 3.81. The number of carbonyl (C=O) groups is 1. The fourth-order valence-corrected chi connectivity index (χ4v) is 1.60. The van der Waals surface area contributed by atoms with Crippen molar-refractivity contribution in [2.24, 2.45) is 0 Å². The summed E-state index contributed by atoms with van der Waals surface area (Å²) in [5.74, 6) is 0. The average Bonchev–Trinajstić information content (AvgIpc) is 2.04. The van der Waals surface area contributed by atoms with E-state index in [1.807, 2.05) is 24.3 Å². The Balaban J connectivity index is 2.89. The van der Waals surface area contributed by atoms with Gasteiger partial charge in [-0.05, 0) is 33.6 Å². The van der Waals surface area contributed by atoms with E-state index < -0.39 is 0 Å². The second kappa shape index (κ2) is 4.53. The molecular weight excluding hydrogens is 352 g/mol. The Kier molecular flexibility index (Phi) is 3.93. The molecule has 64 valence electrons. The van der Waals surface area contributed by atoms with Crippen LogP contribution in [-0.2, 0) is 4.79 Å². The van der Waals surface area contributed by atoms with Crippen LogP contribution in [0.25, 0.3) is 0 Å². The third-order valence-electron chi connectivity index (χ3n) is 1.36. The Bertz CT molecular complexity index is 281. The summed E-state index contributed by atoms with van der Waals surface area (Å²) in [4.78, 5) is 10.6. The summed E-state index contributed by atoms with van der Waals surface area (Å²) in [6.45, 7) is 0. The fourth-order valence-electron chi connectivity index (χ4n) is 0.763. The highest BCUT2D eigenvalue weighted by atomic mass is 79.9. The lowest BCUT2D eigenvalue weighted by atomic mass is 10.2. The molecule has 0 spiro atoms. The van der Waals surface area contributed by atoms with E-state index in [1.165, 1.54) is 0 Å². The molecule has 0 aromatic heterocycles. The van der Waals surface area contributed by atoms with Crippen molar-refractivity contribution in [3.63, 3.8) is 0 Å². The Morgan fingerprint density at radius 3 is 2.17 bits per heavy atom. The molecule has 0 radical (unpaired) electrons. The molecule has 0 amide bonds. The van der Waals surface area contributed by atoms with Crippen LogP contribution in [0, 0.1) is 0 Å². The molecule has 0 saturated carbocycles. The zero-order valence-corrected chi connectivity index (χ0v) is 10.7. The summed E-state index contributed by atoms with van der Waals surface area (Å²) in [6.07, 6.45) is 0. The minimum Gasteiger partial charge on any atom is -0.285 e. The summed E-state index contributed by atoms with van der Waals surface area (Å²) >= 11 is 9.48. The standard InChI is InChI=1S/C8H5Br3O/c9-6-3-1-5(2-4-6)7(10)8(11)12/h1-4,7H/t7-/m1/s1. The van der Waals surface area contributed by atoms with E-state index in [-0.39, 0.29) is 9.52 Å². The molecule has 0 aliphatic carbocycles. The van der Waals surface area contributed by atoms with Gasteiger partial charge in [0.1, 0.15) is 4.83 Å². The van der Waals surface area contributed by atoms with Gasteiger partial charge in [0.2, 0.25) is 4.69 Å². The molecule has 0 bridgehead atoms. The van der Waals surface area contributed by atoms with Gasteiger partial charge < -0.3 is 0 Å². The number of hydrogen-bond acceptors (Lipinski definition) is 1. The second-order valence-electron chi connectivity index (χ2n) is 2.22. The van der Waals surface area contributed by atoms with Gasteiger partial charge in [-0.3, -0.25) is 4.79 Å². The van der Waals surface area contributed by atoms with E-state index in [2.05, 4.69) is 47.8 Å². The number of hydrogen-bond donors (Lipinski definition) is 0. The Morgan fingerprint density at radius 1 is 1.25 bits per heavy atom. The summed E-state index contributed by atoms with van der Waals surface area (Å²) < 4.78 is 0.942. The molecule has 1 aromatic carbocycles. The Morgan fingerprint density at radius 2 is 1.75 bits per heavy atom. The van der Waals surface area contributed by atoms with Crippen LogP contribution in [0.2, 0.25) is 0 Å². The lowest BCUT2D eigenvalue weighted by molar-refractivity contribution is -0.109. The smallest absolute Gasteiger partial charge is 0.215 e. The molecule has 4 heteroatoms. The van der Waals surface area contributed by atoms with Crippen LogP contribution in [0.1, 0.15) is 10.4 Å². The molecule has 0 aliphatic rings. The van der Waals surface area contributed by atoms with Crippen LogP contribution in [-0.4, -0.2) is 4.69 Å². The summed E-state index contributed by atoms with van der Waals surface area (Å²) in [5, 5.41) is 0. The Labute approximate surface area is 95.9 Å². The zero-order valence-electron chi connectivity index (χ0n) is 5.93. The van der Waals surface area contributed by atoms with Crippen LogP contribution in [0.3, 0.4) is 0 Å². The van der Waals surface area contributed by atoms with E-state index in [4.69, 9.17) is 0 Å². The SMILES string of the molecule is O=C(Br)[C@H](Br)c1ccc(Br)cc1.